The highest BCUT2D eigenvalue weighted by molar-refractivity contribution is 7.87. The lowest BCUT2D eigenvalue weighted by atomic mass is 9.97. The van der Waals surface area contributed by atoms with Crippen molar-refractivity contribution in [2.24, 2.45) is 0 Å². The first-order valence-corrected chi connectivity index (χ1v) is 13.6. The van der Waals surface area contributed by atoms with Crippen LogP contribution in [0.1, 0.15) is 21.7 Å². The van der Waals surface area contributed by atoms with Crippen LogP contribution in [-0.4, -0.2) is 62.9 Å². The van der Waals surface area contributed by atoms with E-state index in [9.17, 15) is 31.2 Å². The quantitative estimate of drug-likeness (QED) is 0.152. The molecule has 0 radical (unpaired) electrons. The molecule has 0 saturated heterocycles. The molecule has 0 saturated carbocycles. The number of nitrogens with zero attached hydrogens (tertiary/aromatic N) is 3. The number of halogens is 3. The first-order chi connectivity index (χ1) is 20.3. The summed E-state index contributed by atoms with van der Waals surface area (Å²) in [7, 11) is -0.901. The zero-order valence-corrected chi connectivity index (χ0v) is 24.1. The van der Waals surface area contributed by atoms with Gasteiger partial charge in [-0.1, -0.05) is 0 Å². The van der Waals surface area contributed by atoms with E-state index in [1.165, 1.54) is 39.7 Å². The number of alkyl halides is 3. The Kier molecular flexibility index (Phi) is 8.52. The van der Waals surface area contributed by atoms with E-state index in [0.717, 1.165) is 23.8 Å². The molecule has 0 aliphatic heterocycles. The van der Waals surface area contributed by atoms with Gasteiger partial charge in [-0.3, -0.25) is 14.3 Å². The van der Waals surface area contributed by atoms with E-state index in [4.69, 9.17) is 18.9 Å². The lowest BCUT2D eigenvalue weighted by Crippen LogP contribution is -2.30. The molecular formula is C27H24F3N3O9S. The van der Waals surface area contributed by atoms with Gasteiger partial charge in [0.05, 0.1) is 35.0 Å². The Balaban J connectivity index is 2.15. The van der Waals surface area contributed by atoms with Gasteiger partial charge in [0.1, 0.15) is 11.2 Å². The molecule has 0 spiro atoms. The van der Waals surface area contributed by atoms with E-state index in [1.807, 2.05) is 0 Å². The van der Waals surface area contributed by atoms with E-state index in [0.29, 0.717) is 11.3 Å². The molecule has 0 aliphatic rings. The Hall–Kier alpha value is -4.86. The zero-order valence-electron chi connectivity index (χ0n) is 23.3. The second kappa shape index (κ2) is 11.8. The standard InChI is InChI=1S/C27H24F3N3O9S/c1-14-10-15(8-9-31-14)13-33-23(26(35)41-5)21(16-11-18(38-2)24(40-4)19(12-16)39-3)17-6-7-20(32-22(17)25(33)34)42-43(36,37)27(28,29)30/h6-12H,13H2,1-5H3. The van der Waals surface area contributed by atoms with Crippen LogP contribution in [-0.2, 0) is 21.4 Å². The van der Waals surface area contributed by atoms with Crippen LogP contribution in [0.15, 0.2) is 47.4 Å². The molecule has 12 nitrogen and oxygen atoms in total. The maximum atomic E-state index is 13.9. The molecule has 1 aromatic carbocycles. The smallest absolute Gasteiger partial charge is 0.493 e. The lowest BCUT2D eigenvalue weighted by Gasteiger charge is -2.20. The van der Waals surface area contributed by atoms with E-state index in [1.54, 1.807) is 19.1 Å². The number of esters is 1. The third-order valence-electron chi connectivity index (χ3n) is 6.21. The van der Waals surface area contributed by atoms with E-state index in [-0.39, 0.29) is 46.0 Å². The fraction of sp³-hybridized carbons (Fsp3) is 0.259. The maximum Gasteiger partial charge on any atom is 0.534 e. The van der Waals surface area contributed by atoms with Crippen LogP contribution in [0.2, 0.25) is 0 Å². The van der Waals surface area contributed by atoms with Gasteiger partial charge in [-0.05, 0) is 48.4 Å². The minimum absolute atomic E-state index is 0.0430. The van der Waals surface area contributed by atoms with Gasteiger partial charge in [0.25, 0.3) is 5.56 Å². The summed E-state index contributed by atoms with van der Waals surface area (Å²) in [5.41, 5.74) is -6.04. The van der Waals surface area contributed by atoms with Crippen LogP contribution in [0.4, 0.5) is 13.2 Å². The van der Waals surface area contributed by atoms with Gasteiger partial charge in [-0.15, -0.1) is 0 Å². The van der Waals surface area contributed by atoms with Crippen molar-refractivity contribution in [1.29, 1.82) is 0 Å². The summed E-state index contributed by atoms with van der Waals surface area (Å²) in [6.07, 6.45) is 1.49. The highest BCUT2D eigenvalue weighted by Crippen LogP contribution is 2.43. The van der Waals surface area contributed by atoms with Crippen molar-refractivity contribution >= 4 is 27.0 Å². The van der Waals surface area contributed by atoms with Gasteiger partial charge < -0.3 is 23.1 Å². The number of hydrogen-bond donors (Lipinski definition) is 0. The van der Waals surface area contributed by atoms with Gasteiger partial charge in [0.2, 0.25) is 11.6 Å². The molecular weight excluding hydrogens is 599 g/mol. The molecule has 16 heteroatoms. The van der Waals surface area contributed by atoms with Crippen molar-refractivity contribution in [3.05, 3.63) is 69.9 Å². The minimum atomic E-state index is -6.11. The summed E-state index contributed by atoms with van der Waals surface area (Å²) in [6.45, 7) is 1.48. The molecule has 43 heavy (non-hydrogen) atoms. The molecule has 4 aromatic rings. The molecule has 0 N–H and O–H groups in total. The molecule has 0 bridgehead atoms. The number of carbonyl (C=O) groups is 1. The van der Waals surface area contributed by atoms with Crippen LogP contribution < -0.4 is 24.0 Å². The van der Waals surface area contributed by atoms with Gasteiger partial charge in [0, 0.05) is 28.9 Å². The van der Waals surface area contributed by atoms with Crippen molar-refractivity contribution in [2.45, 2.75) is 19.0 Å². The average Bonchev–Trinajstić information content (AvgIpc) is 2.96. The second-order valence-corrected chi connectivity index (χ2v) is 10.4. The van der Waals surface area contributed by atoms with Gasteiger partial charge in [-0.2, -0.15) is 21.6 Å². The topological polar surface area (TPSA) is 145 Å². The molecule has 0 atom stereocenters. The third-order valence-corrected chi connectivity index (χ3v) is 7.16. The number of pyridine rings is 3. The normalized spacial score (nSPS) is 11.7. The van der Waals surface area contributed by atoms with Gasteiger partial charge >= 0.3 is 21.6 Å². The number of methoxy groups -OCH3 is 4. The fourth-order valence-corrected chi connectivity index (χ4v) is 4.78. The summed E-state index contributed by atoms with van der Waals surface area (Å²) in [4.78, 5) is 35.2. The first kappa shape index (κ1) is 31.1. The van der Waals surface area contributed by atoms with Crippen molar-refractivity contribution in [3.63, 3.8) is 0 Å². The van der Waals surface area contributed by atoms with Crippen molar-refractivity contribution in [3.8, 4) is 34.3 Å². The highest BCUT2D eigenvalue weighted by atomic mass is 32.2. The summed E-state index contributed by atoms with van der Waals surface area (Å²) in [5, 5.41) is -0.0430. The summed E-state index contributed by atoms with van der Waals surface area (Å²) in [5.74, 6) is -1.40. The van der Waals surface area contributed by atoms with Crippen molar-refractivity contribution in [1.82, 2.24) is 14.5 Å². The fourth-order valence-electron chi connectivity index (χ4n) is 4.37. The first-order valence-electron chi connectivity index (χ1n) is 12.1. The Morgan fingerprint density at radius 2 is 1.63 bits per heavy atom. The zero-order chi connectivity index (χ0) is 31.7. The summed E-state index contributed by atoms with van der Waals surface area (Å²) >= 11 is 0. The molecule has 0 aliphatic carbocycles. The molecule has 3 heterocycles. The number of hydrogen-bond acceptors (Lipinski definition) is 11. The molecule has 3 aromatic heterocycles. The van der Waals surface area contributed by atoms with E-state index < -0.39 is 38.6 Å². The highest BCUT2D eigenvalue weighted by Gasteiger charge is 2.49. The Bertz CT molecular complexity index is 1870. The van der Waals surface area contributed by atoms with Gasteiger partial charge in [-0.25, -0.2) is 9.78 Å². The Labute approximate surface area is 242 Å². The number of carbonyl (C=O) groups excluding carboxylic acids is 1. The Morgan fingerprint density at radius 3 is 2.16 bits per heavy atom. The van der Waals surface area contributed by atoms with Crippen LogP contribution in [0.5, 0.6) is 23.1 Å². The molecule has 0 unspecified atom stereocenters. The van der Waals surface area contributed by atoms with E-state index in [2.05, 4.69) is 14.2 Å². The minimum Gasteiger partial charge on any atom is -0.493 e. The number of benzene rings is 1. The number of aryl methyl sites for hydroxylation is 1. The van der Waals surface area contributed by atoms with E-state index >= 15 is 0 Å². The molecule has 4 rings (SSSR count). The molecule has 0 fully saturated rings. The third kappa shape index (κ3) is 5.90. The lowest BCUT2D eigenvalue weighted by molar-refractivity contribution is -0.0501. The largest absolute Gasteiger partial charge is 0.534 e. The second-order valence-electron chi connectivity index (χ2n) is 8.85. The predicted molar refractivity (Wildman–Crippen MR) is 146 cm³/mol. The number of aromatic nitrogens is 3. The Morgan fingerprint density at radius 1 is 0.977 bits per heavy atom. The average molecular weight is 624 g/mol. The molecule has 228 valence electrons. The van der Waals surface area contributed by atoms with Crippen LogP contribution in [0.25, 0.3) is 22.0 Å². The van der Waals surface area contributed by atoms with Gasteiger partial charge in [0.15, 0.2) is 11.5 Å². The maximum absolute atomic E-state index is 13.9. The SMILES string of the molecule is COC(=O)c1c(-c2cc(OC)c(OC)c(OC)c2)c2ccc(OS(=O)(=O)C(F)(F)F)nc2c(=O)n1Cc1ccnc(C)c1. The van der Waals surface area contributed by atoms with Crippen LogP contribution in [0.3, 0.4) is 0 Å². The summed E-state index contributed by atoms with van der Waals surface area (Å²) in [6, 6.07) is 8.13. The predicted octanol–water partition coefficient (Wildman–Crippen LogP) is 3.86. The monoisotopic (exact) mass is 623 g/mol. The van der Waals surface area contributed by atoms with Crippen molar-refractivity contribution < 1.29 is 49.5 Å². The van der Waals surface area contributed by atoms with Crippen LogP contribution >= 0.6 is 0 Å². The number of ether oxygens (including phenoxy) is 4. The van der Waals surface area contributed by atoms with Crippen molar-refractivity contribution in [2.75, 3.05) is 28.4 Å². The molecule has 0 amide bonds. The number of fused-ring (bicyclic) bond motifs is 1. The van der Waals surface area contributed by atoms with Crippen LogP contribution in [0, 0.1) is 6.92 Å². The number of rotatable bonds is 9. The summed E-state index contributed by atoms with van der Waals surface area (Å²) < 4.78 is 88.9.